The number of pyridine rings is 2. The van der Waals surface area contributed by atoms with Crippen molar-refractivity contribution >= 4 is 59.4 Å². The van der Waals surface area contributed by atoms with Gasteiger partial charge in [0.2, 0.25) is 5.75 Å². The Morgan fingerprint density at radius 1 is 0.617 bits per heavy atom. The first kappa shape index (κ1) is 30.7. The van der Waals surface area contributed by atoms with Gasteiger partial charge in [0.1, 0.15) is 5.49 Å². The Morgan fingerprint density at radius 3 is 1.87 bits per heavy atom. The summed E-state index contributed by atoms with van der Waals surface area (Å²) < 4.78 is 18.9. The van der Waals surface area contributed by atoms with Crippen LogP contribution < -0.4 is 19.7 Å². The SMILES string of the molecule is COc1cc(N=c2[nH]c3ccc(Br)cc3c(-c3ccccc3)c2-c2cc(-c3ccccc3)c3cc(Br)ccc3n2)cc(OC)c1OC. The van der Waals surface area contributed by atoms with Gasteiger partial charge in [0, 0.05) is 42.9 Å². The van der Waals surface area contributed by atoms with Crippen LogP contribution in [0.25, 0.3) is 55.3 Å². The molecule has 7 rings (SSSR count). The Morgan fingerprint density at radius 2 is 1.23 bits per heavy atom. The lowest BCUT2D eigenvalue weighted by Crippen LogP contribution is -2.14. The van der Waals surface area contributed by atoms with E-state index in [1.165, 1.54) is 0 Å². The number of hydrogen-bond acceptors (Lipinski definition) is 5. The largest absolute Gasteiger partial charge is 0.493 e. The molecule has 0 saturated heterocycles. The first-order chi connectivity index (χ1) is 23.0. The van der Waals surface area contributed by atoms with Gasteiger partial charge in [-0.3, -0.25) is 0 Å². The summed E-state index contributed by atoms with van der Waals surface area (Å²) in [4.78, 5) is 14.2. The number of hydrogen-bond donors (Lipinski definition) is 1. The van der Waals surface area contributed by atoms with Crippen LogP contribution in [0.3, 0.4) is 0 Å². The molecular weight excluding hydrogens is 718 g/mol. The van der Waals surface area contributed by atoms with Crippen molar-refractivity contribution in [2.45, 2.75) is 0 Å². The van der Waals surface area contributed by atoms with E-state index in [0.29, 0.717) is 28.4 Å². The molecule has 0 amide bonds. The summed E-state index contributed by atoms with van der Waals surface area (Å²) in [5.74, 6) is 1.53. The molecule has 0 radical (unpaired) electrons. The lowest BCUT2D eigenvalue weighted by atomic mass is 9.92. The van der Waals surface area contributed by atoms with E-state index in [0.717, 1.165) is 64.3 Å². The van der Waals surface area contributed by atoms with Gasteiger partial charge in [0.15, 0.2) is 11.5 Å². The quantitative estimate of drug-likeness (QED) is 0.176. The molecule has 0 spiro atoms. The first-order valence-corrected chi connectivity index (χ1v) is 16.5. The molecule has 0 fully saturated rings. The second-order valence-corrected chi connectivity index (χ2v) is 12.7. The van der Waals surface area contributed by atoms with Gasteiger partial charge in [-0.25, -0.2) is 9.98 Å². The molecule has 47 heavy (non-hydrogen) atoms. The summed E-state index contributed by atoms with van der Waals surface area (Å²) in [7, 11) is 4.79. The third kappa shape index (κ3) is 5.90. The number of H-pyrrole nitrogens is 1. The standard InChI is InChI=1S/C39H29Br2N3O3/c1-45-34-20-27(21-35(46-2)38(34)47-3)42-39-37(36(24-12-8-5-9-13-24)30-19-26(41)15-17-32(30)44-39)33-22-28(23-10-6-4-7-11-23)29-18-25(40)14-16-31(29)43-33/h4-22H,1-3H3,(H,42,44). The number of aromatic nitrogens is 2. The van der Waals surface area contributed by atoms with E-state index in [2.05, 4.69) is 116 Å². The lowest BCUT2D eigenvalue weighted by molar-refractivity contribution is 0.324. The molecule has 0 aliphatic rings. The van der Waals surface area contributed by atoms with Crippen LogP contribution in [0, 0.1) is 0 Å². The van der Waals surface area contributed by atoms with Crippen molar-refractivity contribution < 1.29 is 14.2 Å². The average Bonchev–Trinajstić information content (AvgIpc) is 3.11. The molecule has 232 valence electrons. The third-order valence-electron chi connectivity index (χ3n) is 8.06. The van der Waals surface area contributed by atoms with Gasteiger partial charge in [-0.2, -0.15) is 0 Å². The number of ether oxygens (including phenoxy) is 3. The zero-order valence-electron chi connectivity index (χ0n) is 25.8. The number of nitrogens with one attached hydrogen (secondary N) is 1. The first-order valence-electron chi connectivity index (χ1n) is 14.9. The second kappa shape index (κ2) is 13.1. The van der Waals surface area contributed by atoms with Crippen molar-refractivity contribution in [3.63, 3.8) is 0 Å². The van der Waals surface area contributed by atoms with Gasteiger partial charge in [-0.05, 0) is 59.2 Å². The Labute approximate surface area is 289 Å². The predicted molar refractivity (Wildman–Crippen MR) is 197 cm³/mol. The Hall–Kier alpha value is -4.92. The second-order valence-electron chi connectivity index (χ2n) is 10.9. The minimum absolute atomic E-state index is 0.501. The zero-order chi connectivity index (χ0) is 32.5. The molecule has 8 heteroatoms. The van der Waals surface area contributed by atoms with E-state index in [1.807, 2.05) is 36.4 Å². The van der Waals surface area contributed by atoms with Crippen LogP contribution in [0.2, 0.25) is 0 Å². The number of benzene rings is 5. The lowest BCUT2D eigenvalue weighted by Gasteiger charge is -2.17. The summed E-state index contributed by atoms with van der Waals surface area (Å²) in [6.45, 7) is 0. The average molecular weight is 747 g/mol. The van der Waals surface area contributed by atoms with Crippen LogP contribution in [0.15, 0.2) is 129 Å². The highest BCUT2D eigenvalue weighted by molar-refractivity contribution is 9.10. The van der Waals surface area contributed by atoms with E-state index in [1.54, 1.807) is 21.3 Å². The van der Waals surface area contributed by atoms with Crippen LogP contribution in [0.1, 0.15) is 0 Å². The van der Waals surface area contributed by atoms with E-state index in [9.17, 15) is 0 Å². The fraction of sp³-hybridized carbons (Fsp3) is 0.0769. The van der Waals surface area contributed by atoms with Gasteiger partial charge in [0.25, 0.3) is 0 Å². The molecule has 5 aromatic carbocycles. The zero-order valence-corrected chi connectivity index (χ0v) is 29.0. The number of fused-ring (bicyclic) bond motifs is 2. The fourth-order valence-electron chi connectivity index (χ4n) is 5.96. The van der Waals surface area contributed by atoms with E-state index in [-0.39, 0.29) is 0 Å². The molecule has 0 saturated carbocycles. The molecule has 2 heterocycles. The fourth-order valence-corrected chi connectivity index (χ4v) is 6.68. The van der Waals surface area contributed by atoms with E-state index in [4.69, 9.17) is 24.2 Å². The monoisotopic (exact) mass is 745 g/mol. The number of rotatable bonds is 7. The van der Waals surface area contributed by atoms with Gasteiger partial charge in [-0.1, -0.05) is 92.5 Å². The molecule has 0 atom stereocenters. The summed E-state index contributed by atoms with van der Waals surface area (Å²) in [6, 6.07) is 39.0. The number of halogens is 2. The molecule has 0 bridgehead atoms. The van der Waals surface area contributed by atoms with Gasteiger partial charge >= 0.3 is 0 Å². The molecule has 0 unspecified atom stereocenters. The minimum Gasteiger partial charge on any atom is -0.493 e. The molecule has 0 aliphatic carbocycles. The molecule has 7 aromatic rings. The highest BCUT2D eigenvalue weighted by Crippen LogP contribution is 2.42. The third-order valence-corrected chi connectivity index (χ3v) is 9.04. The van der Waals surface area contributed by atoms with Gasteiger partial charge in [0.05, 0.1) is 43.8 Å². The van der Waals surface area contributed by atoms with Crippen LogP contribution in [0.4, 0.5) is 5.69 Å². The van der Waals surface area contributed by atoms with Crippen LogP contribution in [-0.4, -0.2) is 31.3 Å². The van der Waals surface area contributed by atoms with Crippen molar-refractivity contribution in [1.29, 1.82) is 0 Å². The van der Waals surface area contributed by atoms with Gasteiger partial charge < -0.3 is 19.2 Å². The summed E-state index contributed by atoms with van der Waals surface area (Å²) in [5.41, 5.74) is 8.91. The Bertz CT molecular complexity index is 2310. The van der Waals surface area contributed by atoms with Crippen molar-refractivity contribution in [2.75, 3.05) is 21.3 Å². The molecule has 0 aliphatic heterocycles. The topological polar surface area (TPSA) is 68.7 Å². The maximum atomic E-state index is 5.67. The Kier molecular flexibility index (Phi) is 8.54. The van der Waals surface area contributed by atoms with Crippen molar-refractivity contribution in [1.82, 2.24) is 9.97 Å². The molecule has 1 N–H and O–H groups in total. The van der Waals surface area contributed by atoms with Crippen molar-refractivity contribution in [2.24, 2.45) is 4.99 Å². The van der Waals surface area contributed by atoms with Crippen LogP contribution in [-0.2, 0) is 0 Å². The number of methoxy groups -OCH3 is 3. The minimum atomic E-state index is 0.501. The predicted octanol–water partition coefficient (Wildman–Crippen LogP) is 10.5. The van der Waals surface area contributed by atoms with Crippen LogP contribution >= 0.6 is 31.9 Å². The maximum absolute atomic E-state index is 5.67. The number of aromatic amines is 1. The highest BCUT2D eigenvalue weighted by atomic mass is 79.9. The molecule has 6 nitrogen and oxygen atoms in total. The molecular formula is C39H29Br2N3O3. The molecule has 2 aromatic heterocycles. The summed E-state index contributed by atoms with van der Waals surface area (Å²) >= 11 is 7.40. The van der Waals surface area contributed by atoms with E-state index < -0.39 is 0 Å². The number of nitrogens with zero attached hydrogens (tertiary/aromatic N) is 2. The van der Waals surface area contributed by atoms with Crippen molar-refractivity contribution in [3.8, 4) is 50.8 Å². The Balaban J connectivity index is 1.65. The maximum Gasteiger partial charge on any atom is 0.203 e. The van der Waals surface area contributed by atoms with Crippen LogP contribution in [0.5, 0.6) is 17.2 Å². The van der Waals surface area contributed by atoms with E-state index >= 15 is 0 Å². The smallest absolute Gasteiger partial charge is 0.203 e. The van der Waals surface area contributed by atoms with Crippen molar-refractivity contribution in [3.05, 3.63) is 130 Å². The van der Waals surface area contributed by atoms with Gasteiger partial charge in [-0.15, -0.1) is 0 Å². The highest BCUT2D eigenvalue weighted by Gasteiger charge is 2.20. The summed E-state index contributed by atoms with van der Waals surface area (Å²) in [6.07, 6.45) is 0. The summed E-state index contributed by atoms with van der Waals surface area (Å²) in [5, 5.41) is 2.08. The normalized spacial score (nSPS) is 11.6.